The highest BCUT2D eigenvalue weighted by Crippen LogP contribution is 2.24. The summed E-state index contributed by atoms with van der Waals surface area (Å²) in [5.41, 5.74) is 12.3. The number of nitrogen functional groups attached to an aromatic ring is 1. The Labute approximate surface area is 248 Å². The number of nitrogens with two attached hydrogens (primary N) is 1. The van der Waals surface area contributed by atoms with E-state index in [9.17, 15) is 0 Å². The third kappa shape index (κ3) is 6.52. The van der Waals surface area contributed by atoms with Crippen LogP contribution < -0.4 is 15.2 Å². The van der Waals surface area contributed by atoms with Gasteiger partial charge in [0.05, 0.1) is 23.8 Å². The molecule has 9 nitrogen and oxygen atoms in total. The Hall–Kier alpha value is -5.96. The van der Waals surface area contributed by atoms with E-state index in [4.69, 9.17) is 19.7 Å². The molecule has 9 heteroatoms. The molecule has 0 fully saturated rings. The van der Waals surface area contributed by atoms with Gasteiger partial charge in [-0.3, -0.25) is 4.57 Å². The van der Waals surface area contributed by atoms with E-state index in [-0.39, 0.29) is 5.95 Å². The SMILES string of the molecule is COc1ccc(-c2cc(COc3ccccc3)on2)cc1.Nc1nccc(-c2ccc(-n3cnc4ccccc43)cc2)n1. The fourth-order valence-corrected chi connectivity index (χ4v) is 4.44. The Kier molecular flexibility index (Phi) is 8.04. The van der Waals surface area contributed by atoms with Gasteiger partial charge in [-0.25, -0.2) is 15.0 Å². The summed E-state index contributed by atoms with van der Waals surface area (Å²) in [6, 6.07) is 37.2. The Bertz CT molecular complexity index is 1920. The lowest BCUT2D eigenvalue weighted by Gasteiger charge is -2.06. The van der Waals surface area contributed by atoms with Gasteiger partial charge in [-0.15, -0.1) is 0 Å². The van der Waals surface area contributed by atoms with Gasteiger partial charge >= 0.3 is 0 Å². The number of aromatic nitrogens is 5. The summed E-state index contributed by atoms with van der Waals surface area (Å²) < 4.78 is 18.1. The third-order valence-electron chi connectivity index (χ3n) is 6.64. The fourth-order valence-electron chi connectivity index (χ4n) is 4.44. The highest BCUT2D eigenvalue weighted by atomic mass is 16.5. The maximum absolute atomic E-state index is 5.63. The second kappa shape index (κ2) is 12.7. The van der Waals surface area contributed by atoms with Crippen LogP contribution in [0.15, 0.2) is 132 Å². The zero-order chi connectivity index (χ0) is 29.4. The Morgan fingerprint density at radius 3 is 2.23 bits per heavy atom. The predicted octanol–water partition coefficient (Wildman–Crippen LogP) is 6.99. The van der Waals surface area contributed by atoms with Gasteiger partial charge in [-0.05, 0) is 66.7 Å². The highest BCUT2D eigenvalue weighted by molar-refractivity contribution is 5.77. The molecule has 0 radical (unpaired) electrons. The fraction of sp³-hybridized carbons (Fsp3) is 0.0588. The van der Waals surface area contributed by atoms with Gasteiger partial charge in [0.25, 0.3) is 0 Å². The molecule has 212 valence electrons. The summed E-state index contributed by atoms with van der Waals surface area (Å²) in [7, 11) is 1.64. The van der Waals surface area contributed by atoms with Gasteiger partial charge < -0.3 is 19.7 Å². The lowest BCUT2D eigenvalue weighted by molar-refractivity contribution is 0.249. The third-order valence-corrected chi connectivity index (χ3v) is 6.64. The summed E-state index contributed by atoms with van der Waals surface area (Å²) >= 11 is 0. The number of fused-ring (bicyclic) bond motifs is 1. The molecular formula is C34H28N6O3. The quantitative estimate of drug-likeness (QED) is 0.219. The first-order valence-corrected chi connectivity index (χ1v) is 13.6. The van der Waals surface area contributed by atoms with Gasteiger partial charge in [-0.1, -0.05) is 47.6 Å². The number of rotatable bonds is 7. The standard InChI is InChI=1S/C17H13N5.C17H15NO3/c18-17-19-10-9-14(21-17)12-5-7-13(8-6-12)22-11-20-15-3-1-2-4-16(15)22;1-19-14-9-7-13(8-10-14)17-11-16(21-18-17)12-20-15-5-3-2-4-6-15/h1-11H,(H2,18,19,21);2-11H,12H2,1H3. The van der Waals surface area contributed by atoms with Crippen molar-refractivity contribution in [3.63, 3.8) is 0 Å². The van der Waals surface area contributed by atoms with Crippen LogP contribution in [0, 0.1) is 0 Å². The molecule has 0 saturated carbocycles. The van der Waals surface area contributed by atoms with Crippen molar-refractivity contribution >= 4 is 17.0 Å². The molecule has 0 aliphatic heterocycles. The molecule has 0 atom stereocenters. The smallest absolute Gasteiger partial charge is 0.220 e. The van der Waals surface area contributed by atoms with Gasteiger partial charge in [-0.2, -0.15) is 0 Å². The van der Waals surface area contributed by atoms with Gasteiger partial charge in [0, 0.05) is 29.1 Å². The lowest BCUT2D eigenvalue weighted by Crippen LogP contribution is -1.96. The molecule has 4 aromatic carbocycles. The largest absolute Gasteiger partial charge is 0.497 e. The van der Waals surface area contributed by atoms with Gasteiger partial charge in [0.1, 0.15) is 30.1 Å². The summed E-state index contributed by atoms with van der Waals surface area (Å²) in [6.07, 6.45) is 3.50. The summed E-state index contributed by atoms with van der Waals surface area (Å²) in [5.74, 6) is 2.58. The number of hydrogen-bond acceptors (Lipinski definition) is 8. The van der Waals surface area contributed by atoms with E-state index in [0.29, 0.717) is 12.4 Å². The molecule has 3 heterocycles. The Morgan fingerprint density at radius 1 is 0.744 bits per heavy atom. The average Bonchev–Trinajstić information content (AvgIpc) is 3.73. The van der Waals surface area contributed by atoms with Crippen molar-refractivity contribution in [1.82, 2.24) is 24.7 Å². The normalized spacial score (nSPS) is 10.6. The van der Waals surface area contributed by atoms with Crippen LogP contribution in [0.4, 0.5) is 5.95 Å². The molecule has 0 saturated heterocycles. The molecule has 0 unspecified atom stereocenters. The van der Waals surface area contributed by atoms with E-state index in [0.717, 1.165) is 50.7 Å². The van der Waals surface area contributed by atoms with Gasteiger partial charge in [0.15, 0.2) is 5.76 Å². The molecule has 7 aromatic rings. The second-order valence-corrected chi connectivity index (χ2v) is 9.46. The minimum atomic E-state index is 0.280. The summed E-state index contributed by atoms with van der Waals surface area (Å²) in [5, 5.41) is 4.06. The molecule has 0 aliphatic carbocycles. The number of anilines is 1. The maximum Gasteiger partial charge on any atom is 0.220 e. The van der Waals surface area contributed by atoms with Crippen molar-refractivity contribution in [2.24, 2.45) is 0 Å². The number of ether oxygens (including phenoxy) is 2. The van der Waals surface area contributed by atoms with Crippen molar-refractivity contribution in [3.8, 4) is 39.7 Å². The molecule has 7 rings (SSSR count). The van der Waals surface area contributed by atoms with Crippen LogP contribution in [0.5, 0.6) is 11.5 Å². The predicted molar refractivity (Wildman–Crippen MR) is 166 cm³/mol. The van der Waals surface area contributed by atoms with E-state index in [1.54, 1.807) is 13.3 Å². The van der Waals surface area contributed by atoms with Crippen LogP contribution in [0.1, 0.15) is 5.76 Å². The van der Waals surface area contributed by atoms with E-state index in [1.165, 1.54) is 0 Å². The van der Waals surface area contributed by atoms with E-state index < -0.39 is 0 Å². The maximum atomic E-state index is 5.63. The first-order chi connectivity index (χ1) is 21.2. The first-order valence-electron chi connectivity index (χ1n) is 13.6. The molecule has 3 aromatic heterocycles. The van der Waals surface area contributed by atoms with Crippen molar-refractivity contribution in [2.45, 2.75) is 6.61 Å². The minimum Gasteiger partial charge on any atom is -0.497 e. The van der Waals surface area contributed by atoms with Crippen LogP contribution in [0.3, 0.4) is 0 Å². The van der Waals surface area contributed by atoms with Crippen molar-refractivity contribution < 1.29 is 14.0 Å². The Morgan fingerprint density at radius 2 is 1.47 bits per heavy atom. The van der Waals surface area contributed by atoms with Crippen molar-refractivity contribution in [2.75, 3.05) is 12.8 Å². The number of imidazole rings is 1. The lowest BCUT2D eigenvalue weighted by atomic mass is 10.1. The number of hydrogen-bond donors (Lipinski definition) is 1. The van der Waals surface area contributed by atoms with Crippen LogP contribution >= 0.6 is 0 Å². The number of benzene rings is 4. The highest BCUT2D eigenvalue weighted by Gasteiger charge is 2.08. The molecule has 0 spiro atoms. The zero-order valence-corrected chi connectivity index (χ0v) is 23.4. The number of methoxy groups -OCH3 is 1. The number of nitrogens with zero attached hydrogens (tertiary/aromatic N) is 5. The topological polar surface area (TPSA) is 114 Å². The Balaban J connectivity index is 0.000000153. The van der Waals surface area contributed by atoms with E-state index >= 15 is 0 Å². The molecule has 2 N–H and O–H groups in total. The monoisotopic (exact) mass is 568 g/mol. The first kappa shape index (κ1) is 27.2. The summed E-state index contributed by atoms with van der Waals surface area (Å²) in [6.45, 7) is 0.354. The van der Waals surface area contributed by atoms with E-state index in [1.807, 2.05) is 116 Å². The minimum absolute atomic E-state index is 0.280. The van der Waals surface area contributed by atoms with Crippen LogP contribution in [-0.2, 0) is 6.61 Å². The van der Waals surface area contributed by atoms with Gasteiger partial charge in [0.2, 0.25) is 5.95 Å². The van der Waals surface area contributed by atoms with Crippen molar-refractivity contribution in [3.05, 3.63) is 134 Å². The molecule has 0 aliphatic rings. The molecule has 0 bridgehead atoms. The summed E-state index contributed by atoms with van der Waals surface area (Å²) in [4.78, 5) is 12.6. The van der Waals surface area contributed by atoms with Crippen LogP contribution in [0.25, 0.3) is 39.2 Å². The molecular weight excluding hydrogens is 540 g/mol. The number of para-hydroxylation sites is 3. The zero-order valence-electron chi connectivity index (χ0n) is 23.4. The van der Waals surface area contributed by atoms with E-state index in [2.05, 4.69) is 30.7 Å². The van der Waals surface area contributed by atoms with Crippen LogP contribution in [0.2, 0.25) is 0 Å². The van der Waals surface area contributed by atoms with Crippen molar-refractivity contribution in [1.29, 1.82) is 0 Å². The average molecular weight is 569 g/mol. The second-order valence-electron chi connectivity index (χ2n) is 9.46. The molecule has 0 amide bonds. The van der Waals surface area contributed by atoms with Crippen LogP contribution in [-0.4, -0.2) is 31.8 Å². The molecule has 43 heavy (non-hydrogen) atoms.